The molecule has 1 heterocycles. The predicted octanol–water partition coefficient (Wildman–Crippen LogP) is 3.76. The lowest BCUT2D eigenvalue weighted by atomic mass is 9.79. The van der Waals surface area contributed by atoms with Crippen LogP contribution < -0.4 is 0 Å². The second-order valence-corrected chi connectivity index (χ2v) is 7.80. The summed E-state index contributed by atoms with van der Waals surface area (Å²) >= 11 is 0. The highest BCUT2D eigenvalue weighted by Crippen LogP contribution is 2.44. The van der Waals surface area contributed by atoms with Crippen molar-refractivity contribution in [2.45, 2.75) is 62.8 Å². The highest BCUT2D eigenvalue weighted by molar-refractivity contribution is 5.17. The third kappa shape index (κ3) is 3.37. The summed E-state index contributed by atoms with van der Waals surface area (Å²) in [6.07, 6.45) is 7.40. The molecule has 0 aromatic heterocycles. The van der Waals surface area contributed by atoms with Crippen LogP contribution in [0.15, 0.2) is 24.3 Å². The first-order valence-corrected chi connectivity index (χ1v) is 9.34. The van der Waals surface area contributed by atoms with E-state index in [1.807, 2.05) is 19.2 Å². The van der Waals surface area contributed by atoms with Gasteiger partial charge in [-0.2, -0.15) is 0 Å². The normalized spacial score (nSPS) is 33.6. The lowest BCUT2D eigenvalue weighted by Gasteiger charge is -2.43. The summed E-state index contributed by atoms with van der Waals surface area (Å²) in [6, 6.07) is 7.30. The minimum absolute atomic E-state index is 0.0144. The zero-order valence-electron chi connectivity index (χ0n) is 14.5. The standard InChI is InChI=1S/C20H28FNO2/c1-23-20-9-8-18(24-14-16-2-3-16)12-19(20)22(11-10-20)13-15-4-6-17(21)7-5-15/h4-7,16,18-19H,2-3,8-14H2,1H3/t18-,19-,20+/m0/s1. The van der Waals surface area contributed by atoms with E-state index in [9.17, 15) is 4.39 Å². The van der Waals surface area contributed by atoms with Crippen LogP contribution in [0.2, 0.25) is 0 Å². The summed E-state index contributed by atoms with van der Waals surface area (Å²) in [5.41, 5.74) is 1.16. The van der Waals surface area contributed by atoms with Crippen molar-refractivity contribution >= 4 is 0 Å². The smallest absolute Gasteiger partial charge is 0.123 e. The first kappa shape index (κ1) is 16.5. The quantitative estimate of drug-likeness (QED) is 0.791. The third-order valence-corrected chi connectivity index (χ3v) is 6.22. The lowest BCUT2D eigenvalue weighted by molar-refractivity contribution is -0.103. The van der Waals surface area contributed by atoms with Crippen molar-refractivity contribution in [2.24, 2.45) is 5.92 Å². The van der Waals surface area contributed by atoms with Crippen molar-refractivity contribution in [2.75, 3.05) is 20.3 Å². The van der Waals surface area contributed by atoms with Gasteiger partial charge >= 0.3 is 0 Å². The molecule has 4 rings (SSSR count). The molecule has 0 N–H and O–H groups in total. The van der Waals surface area contributed by atoms with Crippen molar-refractivity contribution < 1.29 is 13.9 Å². The Bertz CT molecular complexity index is 559. The van der Waals surface area contributed by atoms with Crippen LogP contribution in [0.4, 0.5) is 4.39 Å². The Labute approximate surface area is 144 Å². The Morgan fingerprint density at radius 1 is 1.17 bits per heavy atom. The van der Waals surface area contributed by atoms with Gasteiger partial charge in [-0.25, -0.2) is 4.39 Å². The molecular weight excluding hydrogens is 305 g/mol. The molecule has 0 radical (unpaired) electrons. The second-order valence-electron chi connectivity index (χ2n) is 7.80. The number of benzene rings is 1. The summed E-state index contributed by atoms with van der Waals surface area (Å²) in [5.74, 6) is 0.649. The van der Waals surface area contributed by atoms with Gasteiger partial charge in [-0.15, -0.1) is 0 Å². The Morgan fingerprint density at radius 2 is 1.96 bits per heavy atom. The number of rotatable bonds is 6. The van der Waals surface area contributed by atoms with Crippen LogP contribution in [0, 0.1) is 11.7 Å². The average molecular weight is 333 g/mol. The maximum absolute atomic E-state index is 13.1. The lowest BCUT2D eigenvalue weighted by Crippen LogP contribution is -2.51. The van der Waals surface area contributed by atoms with Crippen molar-refractivity contribution in [3.05, 3.63) is 35.6 Å². The number of hydrogen-bond acceptors (Lipinski definition) is 3. The van der Waals surface area contributed by atoms with E-state index in [0.717, 1.165) is 51.3 Å². The number of hydrogen-bond donors (Lipinski definition) is 0. The summed E-state index contributed by atoms with van der Waals surface area (Å²) in [7, 11) is 1.86. The van der Waals surface area contributed by atoms with Gasteiger partial charge in [-0.05, 0) is 62.1 Å². The van der Waals surface area contributed by atoms with E-state index in [-0.39, 0.29) is 11.4 Å². The largest absolute Gasteiger partial charge is 0.378 e. The fraction of sp³-hybridized carbons (Fsp3) is 0.700. The molecule has 3 atom stereocenters. The minimum atomic E-state index is -0.169. The molecule has 1 aromatic rings. The monoisotopic (exact) mass is 333 g/mol. The Kier molecular flexibility index (Phi) is 4.63. The first-order chi connectivity index (χ1) is 11.7. The summed E-state index contributed by atoms with van der Waals surface area (Å²) in [5, 5.41) is 0. The molecule has 1 saturated heterocycles. The van der Waals surface area contributed by atoms with Gasteiger partial charge in [-0.1, -0.05) is 12.1 Å². The second kappa shape index (κ2) is 6.74. The van der Waals surface area contributed by atoms with E-state index >= 15 is 0 Å². The number of methoxy groups -OCH3 is 1. The summed E-state index contributed by atoms with van der Waals surface area (Å²) in [4.78, 5) is 2.52. The van der Waals surface area contributed by atoms with E-state index in [2.05, 4.69) is 4.90 Å². The van der Waals surface area contributed by atoms with Crippen LogP contribution in [0.25, 0.3) is 0 Å². The molecular formula is C20H28FNO2. The number of nitrogens with zero attached hydrogens (tertiary/aromatic N) is 1. The molecule has 0 bridgehead atoms. The topological polar surface area (TPSA) is 21.7 Å². The van der Waals surface area contributed by atoms with Crippen LogP contribution in [-0.2, 0) is 16.0 Å². The first-order valence-electron chi connectivity index (χ1n) is 9.34. The molecule has 1 aromatic carbocycles. The number of halogens is 1. The third-order valence-electron chi connectivity index (χ3n) is 6.22. The summed E-state index contributed by atoms with van der Waals surface area (Å²) < 4.78 is 25.3. The van der Waals surface area contributed by atoms with Crippen LogP contribution in [0.3, 0.4) is 0 Å². The van der Waals surface area contributed by atoms with Gasteiger partial charge in [0.15, 0.2) is 0 Å². The number of fused-ring (bicyclic) bond motifs is 1. The Morgan fingerprint density at radius 3 is 2.67 bits per heavy atom. The van der Waals surface area contributed by atoms with Crippen LogP contribution >= 0.6 is 0 Å². The zero-order chi connectivity index (χ0) is 16.6. The highest BCUT2D eigenvalue weighted by Gasteiger charge is 2.51. The fourth-order valence-electron chi connectivity index (χ4n) is 4.48. The maximum Gasteiger partial charge on any atom is 0.123 e. The van der Waals surface area contributed by atoms with Crippen LogP contribution in [0.1, 0.15) is 44.1 Å². The van der Waals surface area contributed by atoms with Gasteiger partial charge in [0.2, 0.25) is 0 Å². The molecule has 1 aliphatic heterocycles. The predicted molar refractivity (Wildman–Crippen MR) is 91.3 cm³/mol. The van der Waals surface area contributed by atoms with Gasteiger partial charge in [0.05, 0.1) is 11.7 Å². The molecule has 132 valence electrons. The van der Waals surface area contributed by atoms with Gasteiger partial charge in [-0.3, -0.25) is 4.90 Å². The summed E-state index contributed by atoms with van der Waals surface area (Å²) in [6.45, 7) is 2.85. The molecule has 3 fully saturated rings. The molecule has 3 nitrogen and oxygen atoms in total. The van der Waals surface area contributed by atoms with E-state index in [1.54, 1.807) is 12.1 Å². The molecule has 2 aliphatic carbocycles. The highest BCUT2D eigenvalue weighted by atomic mass is 19.1. The molecule has 4 heteroatoms. The molecule has 24 heavy (non-hydrogen) atoms. The van der Waals surface area contributed by atoms with Gasteiger partial charge in [0.25, 0.3) is 0 Å². The van der Waals surface area contributed by atoms with Crippen molar-refractivity contribution in [1.29, 1.82) is 0 Å². The molecule has 0 unspecified atom stereocenters. The van der Waals surface area contributed by atoms with Crippen LogP contribution in [-0.4, -0.2) is 42.9 Å². The van der Waals surface area contributed by atoms with Gasteiger partial charge in [0, 0.05) is 32.8 Å². The van der Waals surface area contributed by atoms with Crippen molar-refractivity contribution in [3.63, 3.8) is 0 Å². The number of likely N-dealkylation sites (tertiary alicyclic amines) is 1. The van der Waals surface area contributed by atoms with E-state index in [4.69, 9.17) is 9.47 Å². The average Bonchev–Trinajstić information content (AvgIpc) is 3.37. The molecule has 0 amide bonds. The molecule has 2 saturated carbocycles. The van der Waals surface area contributed by atoms with Crippen molar-refractivity contribution in [3.8, 4) is 0 Å². The molecule has 3 aliphatic rings. The zero-order valence-corrected chi connectivity index (χ0v) is 14.5. The SMILES string of the molecule is CO[C@@]12CC[C@H](OCC3CC3)C[C@@H]1N(Cc1ccc(F)cc1)CC2. The fourth-order valence-corrected chi connectivity index (χ4v) is 4.48. The van der Waals surface area contributed by atoms with Crippen LogP contribution in [0.5, 0.6) is 0 Å². The minimum Gasteiger partial charge on any atom is -0.378 e. The van der Waals surface area contributed by atoms with E-state index < -0.39 is 0 Å². The van der Waals surface area contributed by atoms with Gasteiger partial charge in [0.1, 0.15) is 5.82 Å². The molecule has 0 spiro atoms. The maximum atomic E-state index is 13.1. The Hall–Kier alpha value is -0.970. The van der Waals surface area contributed by atoms with Crippen molar-refractivity contribution in [1.82, 2.24) is 4.90 Å². The van der Waals surface area contributed by atoms with E-state index in [1.165, 1.54) is 18.4 Å². The van der Waals surface area contributed by atoms with Gasteiger partial charge < -0.3 is 9.47 Å². The van der Waals surface area contributed by atoms with E-state index in [0.29, 0.717) is 12.1 Å². The number of ether oxygens (including phenoxy) is 2. The Balaban J connectivity index is 1.43.